The molecule has 0 radical (unpaired) electrons. The van der Waals surface area contributed by atoms with Crippen LogP contribution in [0.4, 0.5) is 10.8 Å². The fraction of sp³-hybridized carbons (Fsp3) is 0.130. The lowest BCUT2D eigenvalue weighted by Crippen LogP contribution is -2.14. The van der Waals surface area contributed by atoms with Gasteiger partial charge in [-0.1, -0.05) is 71.6 Å². The smallest absolute Gasteiger partial charge is 0.258 e. The summed E-state index contributed by atoms with van der Waals surface area (Å²) in [5, 5.41) is 16.1. The number of hydrogen-bond acceptors (Lipinski definition) is 6. The lowest BCUT2D eigenvalue weighted by Gasteiger charge is -2.08. The minimum Gasteiger partial charge on any atom is -0.325 e. The Morgan fingerprint density at radius 2 is 1.77 bits per heavy atom. The second kappa shape index (κ2) is 9.28. The van der Waals surface area contributed by atoms with E-state index < -0.39 is 0 Å². The van der Waals surface area contributed by atoms with Gasteiger partial charge in [-0.2, -0.15) is 0 Å². The van der Waals surface area contributed by atoms with Crippen molar-refractivity contribution in [3.63, 3.8) is 0 Å². The first-order valence-corrected chi connectivity index (χ1v) is 11.4. The van der Waals surface area contributed by atoms with Gasteiger partial charge in [-0.15, -0.1) is 10.2 Å². The second-order valence-electron chi connectivity index (χ2n) is 7.01. The van der Waals surface area contributed by atoms with Gasteiger partial charge < -0.3 is 5.32 Å². The quantitative estimate of drug-likeness (QED) is 0.309. The monoisotopic (exact) mass is 448 g/mol. The Labute approximate surface area is 188 Å². The Morgan fingerprint density at radius 1 is 0.968 bits per heavy atom. The van der Waals surface area contributed by atoms with Crippen molar-refractivity contribution < 1.29 is 9.59 Å². The SMILES string of the molecule is Cc1ccc(C)c(NC(=O)CSc2nnc(NC(=O)c3cccc4ccccc34)s2)c1. The predicted molar refractivity (Wildman–Crippen MR) is 127 cm³/mol. The van der Waals surface area contributed by atoms with Crippen LogP contribution in [0.25, 0.3) is 10.8 Å². The highest BCUT2D eigenvalue weighted by Crippen LogP contribution is 2.27. The van der Waals surface area contributed by atoms with E-state index in [0.29, 0.717) is 15.0 Å². The van der Waals surface area contributed by atoms with Gasteiger partial charge in [0.05, 0.1) is 5.75 Å². The first-order chi connectivity index (χ1) is 15.0. The van der Waals surface area contributed by atoms with Gasteiger partial charge in [0.25, 0.3) is 5.91 Å². The third-order valence-electron chi connectivity index (χ3n) is 4.66. The van der Waals surface area contributed by atoms with E-state index >= 15 is 0 Å². The lowest BCUT2D eigenvalue weighted by atomic mass is 10.0. The molecule has 4 aromatic rings. The number of anilines is 2. The maximum absolute atomic E-state index is 12.7. The molecule has 3 aromatic carbocycles. The van der Waals surface area contributed by atoms with E-state index in [9.17, 15) is 9.59 Å². The molecule has 0 saturated carbocycles. The van der Waals surface area contributed by atoms with Crippen molar-refractivity contribution in [1.82, 2.24) is 10.2 Å². The van der Waals surface area contributed by atoms with Gasteiger partial charge in [0.2, 0.25) is 11.0 Å². The van der Waals surface area contributed by atoms with E-state index in [1.54, 1.807) is 6.07 Å². The summed E-state index contributed by atoms with van der Waals surface area (Å²) >= 11 is 2.53. The van der Waals surface area contributed by atoms with E-state index in [1.807, 2.05) is 68.4 Å². The number of benzene rings is 3. The van der Waals surface area contributed by atoms with Crippen molar-refractivity contribution in [1.29, 1.82) is 0 Å². The molecule has 1 aromatic heterocycles. The second-order valence-corrected chi connectivity index (χ2v) is 9.21. The first-order valence-electron chi connectivity index (χ1n) is 9.62. The van der Waals surface area contributed by atoms with E-state index in [-0.39, 0.29) is 17.6 Å². The van der Waals surface area contributed by atoms with Crippen LogP contribution >= 0.6 is 23.1 Å². The molecule has 0 fully saturated rings. The summed E-state index contributed by atoms with van der Waals surface area (Å²) in [5.74, 6) is -0.147. The Balaban J connectivity index is 1.36. The summed E-state index contributed by atoms with van der Waals surface area (Å²) in [6.07, 6.45) is 0. The Bertz CT molecular complexity index is 1260. The van der Waals surface area contributed by atoms with Gasteiger partial charge in [-0.25, -0.2) is 0 Å². The number of carbonyl (C=O) groups is 2. The lowest BCUT2D eigenvalue weighted by molar-refractivity contribution is -0.113. The number of nitrogens with one attached hydrogen (secondary N) is 2. The van der Waals surface area contributed by atoms with Crippen LogP contribution in [0.5, 0.6) is 0 Å². The van der Waals surface area contributed by atoms with Crippen LogP contribution in [0.15, 0.2) is 65.0 Å². The molecule has 31 heavy (non-hydrogen) atoms. The Kier molecular flexibility index (Phi) is 6.29. The highest BCUT2D eigenvalue weighted by atomic mass is 32.2. The van der Waals surface area contributed by atoms with Crippen molar-refractivity contribution in [2.45, 2.75) is 18.2 Å². The molecule has 2 amide bonds. The summed E-state index contributed by atoms with van der Waals surface area (Å²) in [6, 6.07) is 19.3. The minimum atomic E-state index is -0.239. The molecule has 0 aliphatic carbocycles. The summed E-state index contributed by atoms with van der Waals surface area (Å²) in [4.78, 5) is 25.0. The normalized spacial score (nSPS) is 10.8. The number of carbonyl (C=O) groups excluding carboxylic acids is 2. The molecular formula is C23H20N4O2S2. The number of aromatic nitrogens is 2. The van der Waals surface area contributed by atoms with Crippen LogP contribution in [0.2, 0.25) is 0 Å². The molecular weight excluding hydrogens is 428 g/mol. The Morgan fingerprint density at radius 3 is 2.65 bits per heavy atom. The highest BCUT2D eigenvalue weighted by molar-refractivity contribution is 8.01. The number of aryl methyl sites for hydroxylation is 2. The van der Waals surface area contributed by atoms with Gasteiger partial charge in [-0.3, -0.25) is 14.9 Å². The molecule has 0 atom stereocenters. The van der Waals surface area contributed by atoms with Gasteiger partial charge in [0, 0.05) is 11.3 Å². The van der Waals surface area contributed by atoms with Gasteiger partial charge in [-0.05, 0) is 47.9 Å². The molecule has 0 aliphatic heterocycles. The zero-order chi connectivity index (χ0) is 21.8. The van der Waals surface area contributed by atoms with Crippen molar-refractivity contribution in [2.24, 2.45) is 0 Å². The van der Waals surface area contributed by atoms with E-state index in [0.717, 1.165) is 27.6 Å². The Hall–Kier alpha value is -3.23. The van der Waals surface area contributed by atoms with Gasteiger partial charge in [0.15, 0.2) is 4.34 Å². The molecule has 156 valence electrons. The summed E-state index contributed by atoms with van der Waals surface area (Å²) in [7, 11) is 0. The van der Waals surface area contributed by atoms with E-state index in [2.05, 4.69) is 20.8 Å². The standard InChI is InChI=1S/C23H20N4O2S2/c1-14-10-11-15(2)19(12-14)24-20(28)13-30-23-27-26-22(31-23)25-21(29)18-9-5-7-16-6-3-4-8-17(16)18/h3-12H,13H2,1-2H3,(H,24,28)(H,25,26,29). The number of nitrogens with zero attached hydrogens (tertiary/aromatic N) is 2. The van der Waals surface area contributed by atoms with Gasteiger partial charge >= 0.3 is 0 Å². The fourth-order valence-electron chi connectivity index (χ4n) is 3.09. The van der Waals surface area contributed by atoms with Crippen LogP contribution < -0.4 is 10.6 Å². The molecule has 0 spiro atoms. The minimum absolute atomic E-state index is 0.116. The average Bonchev–Trinajstić information content (AvgIpc) is 3.21. The molecule has 2 N–H and O–H groups in total. The van der Waals surface area contributed by atoms with Crippen LogP contribution in [0.1, 0.15) is 21.5 Å². The fourth-order valence-corrected chi connectivity index (χ4v) is 4.64. The summed E-state index contributed by atoms with van der Waals surface area (Å²) in [5.41, 5.74) is 3.49. The highest BCUT2D eigenvalue weighted by Gasteiger charge is 2.14. The van der Waals surface area contributed by atoms with Crippen molar-refractivity contribution in [2.75, 3.05) is 16.4 Å². The number of thioether (sulfide) groups is 1. The zero-order valence-electron chi connectivity index (χ0n) is 17.0. The van der Waals surface area contributed by atoms with Gasteiger partial charge in [0.1, 0.15) is 0 Å². The number of rotatable bonds is 6. The number of fused-ring (bicyclic) bond motifs is 1. The molecule has 1 heterocycles. The predicted octanol–water partition coefficient (Wildman–Crippen LogP) is 5.29. The molecule has 8 heteroatoms. The average molecular weight is 449 g/mol. The van der Waals surface area contributed by atoms with Crippen LogP contribution in [0.3, 0.4) is 0 Å². The zero-order valence-corrected chi connectivity index (χ0v) is 18.6. The number of hydrogen-bond donors (Lipinski definition) is 2. The number of amides is 2. The summed E-state index contributed by atoms with van der Waals surface area (Å²) in [6.45, 7) is 3.94. The van der Waals surface area contributed by atoms with Crippen molar-refractivity contribution in [3.05, 3.63) is 77.4 Å². The largest absolute Gasteiger partial charge is 0.325 e. The van der Waals surface area contributed by atoms with Crippen molar-refractivity contribution in [3.8, 4) is 0 Å². The third-order valence-corrected chi connectivity index (χ3v) is 6.63. The van der Waals surface area contributed by atoms with E-state index in [1.165, 1.54) is 23.1 Å². The molecule has 4 rings (SSSR count). The maximum Gasteiger partial charge on any atom is 0.258 e. The van der Waals surface area contributed by atoms with Crippen LogP contribution in [-0.2, 0) is 4.79 Å². The molecule has 0 aliphatic rings. The third kappa shape index (κ3) is 5.10. The van der Waals surface area contributed by atoms with Crippen LogP contribution in [0, 0.1) is 13.8 Å². The first kappa shape index (κ1) is 21.0. The topological polar surface area (TPSA) is 84.0 Å². The van der Waals surface area contributed by atoms with Crippen LogP contribution in [-0.4, -0.2) is 27.8 Å². The molecule has 6 nitrogen and oxygen atoms in total. The maximum atomic E-state index is 12.7. The molecule has 0 bridgehead atoms. The molecule has 0 saturated heterocycles. The van der Waals surface area contributed by atoms with Crippen molar-refractivity contribution >= 4 is 56.5 Å². The van der Waals surface area contributed by atoms with E-state index in [4.69, 9.17) is 0 Å². The molecule has 0 unspecified atom stereocenters. The summed E-state index contributed by atoms with van der Waals surface area (Å²) < 4.78 is 0.615.